The van der Waals surface area contributed by atoms with Crippen LogP contribution < -0.4 is 14.8 Å². The van der Waals surface area contributed by atoms with Crippen molar-refractivity contribution in [1.82, 2.24) is 4.90 Å². The molecule has 1 heterocycles. The van der Waals surface area contributed by atoms with Crippen LogP contribution in [0.15, 0.2) is 36.4 Å². The van der Waals surface area contributed by atoms with E-state index >= 15 is 0 Å². The zero-order valence-corrected chi connectivity index (χ0v) is 20.1. The quantitative estimate of drug-likeness (QED) is 0.396. The van der Waals surface area contributed by atoms with E-state index in [-0.39, 0.29) is 23.4 Å². The minimum atomic E-state index is -3.63. The first-order chi connectivity index (χ1) is 16.1. The lowest BCUT2D eigenvalue weighted by molar-refractivity contribution is -0.114. The van der Waals surface area contributed by atoms with E-state index in [1.165, 1.54) is 33.3 Å². The molecule has 0 saturated carbocycles. The number of imide groups is 1. The molecule has 1 unspecified atom stereocenters. The first-order valence-electron chi connectivity index (χ1n) is 10.3. The van der Waals surface area contributed by atoms with E-state index in [4.69, 9.17) is 14.2 Å². The van der Waals surface area contributed by atoms with Crippen molar-refractivity contribution in [3.63, 3.8) is 0 Å². The Balaban J connectivity index is 2.09. The molecule has 1 aliphatic rings. The number of rotatable bonds is 10. The fraction of sp³-hybridized carbons (Fsp3) is 0.348. The predicted molar refractivity (Wildman–Crippen MR) is 124 cm³/mol. The van der Waals surface area contributed by atoms with Crippen LogP contribution in [0.3, 0.4) is 0 Å². The van der Waals surface area contributed by atoms with Crippen molar-refractivity contribution in [2.45, 2.75) is 13.0 Å². The molecule has 1 atom stereocenters. The first kappa shape index (κ1) is 25.2. The van der Waals surface area contributed by atoms with Crippen LogP contribution in [0, 0.1) is 0 Å². The summed E-state index contributed by atoms with van der Waals surface area (Å²) >= 11 is 0. The van der Waals surface area contributed by atoms with Gasteiger partial charge in [-0.1, -0.05) is 12.1 Å². The van der Waals surface area contributed by atoms with Crippen LogP contribution in [-0.4, -0.2) is 70.5 Å². The van der Waals surface area contributed by atoms with Crippen molar-refractivity contribution in [3.05, 3.63) is 53.1 Å². The van der Waals surface area contributed by atoms with Crippen LogP contribution in [0.1, 0.15) is 39.2 Å². The fourth-order valence-corrected chi connectivity index (χ4v) is 4.65. The molecular weight excluding hydrogens is 464 g/mol. The molecule has 0 spiro atoms. The summed E-state index contributed by atoms with van der Waals surface area (Å²) in [5.74, 6) is -1.56. The van der Waals surface area contributed by atoms with Crippen LogP contribution >= 0.6 is 0 Å². The highest BCUT2D eigenvalue weighted by molar-refractivity contribution is 7.90. The second-order valence-corrected chi connectivity index (χ2v) is 9.93. The summed E-state index contributed by atoms with van der Waals surface area (Å²) in [4.78, 5) is 39.2. The van der Waals surface area contributed by atoms with Gasteiger partial charge in [0.2, 0.25) is 5.91 Å². The van der Waals surface area contributed by atoms with E-state index < -0.39 is 39.4 Å². The van der Waals surface area contributed by atoms with Gasteiger partial charge in [-0.15, -0.1) is 0 Å². The molecule has 2 aromatic rings. The minimum Gasteiger partial charge on any atom is -0.493 e. The number of anilines is 1. The zero-order valence-electron chi connectivity index (χ0n) is 19.3. The van der Waals surface area contributed by atoms with Gasteiger partial charge in [-0.25, -0.2) is 8.42 Å². The second-order valence-electron chi connectivity index (χ2n) is 7.75. The third-order valence-electron chi connectivity index (χ3n) is 5.15. The Morgan fingerprint density at radius 2 is 1.79 bits per heavy atom. The van der Waals surface area contributed by atoms with Gasteiger partial charge in [-0.05, 0) is 29.8 Å². The lowest BCUT2D eigenvalue weighted by atomic mass is 10.1. The molecule has 3 rings (SSSR count). The zero-order chi connectivity index (χ0) is 25.0. The standard InChI is InChI=1S/C23H26N2O8S/c1-14(26)24-17-7-5-6-16-21(17)23(28)25(22(16)27)18(13-34(4,29)30)15-8-9-19(32-3)20(12-15)33-11-10-31-2/h5-9,12,18H,10-11,13H2,1-4H3,(H,24,26). The number of sulfone groups is 1. The maximum Gasteiger partial charge on any atom is 0.264 e. The fourth-order valence-electron chi connectivity index (χ4n) is 3.74. The number of benzene rings is 2. The van der Waals surface area contributed by atoms with E-state index in [0.29, 0.717) is 23.7 Å². The van der Waals surface area contributed by atoms with E-state index in [1.807, 2.05) is 0 Å². The molecule has 10 nitrogen and oxygen atoms in total. The molecule has 11 heteroatoms. The van der Waals surface area contributed by atoms with Crippen molar-refractivity contribution in [2.24, 2.45) is 0 Å². The highest BCUT2D eigenvalue weighted by Crippen LogP contribution is 2.38. The summed E-state index contributed by atoms with van der Waals surface area (Å²) in [6.07, 6.45) is 1.03. The highest BCUT2D eigenvalue weighted by Gasteiger charge is 2.43. The Morgan fingerprint density at radius 3 is 2.41 bits per heavy atom. The number of nitrogens with zero attached hydrogens (tertiary/aromatic N) is 1. The second kappa shape index (κ2) is 10.2. The number of ether oxygens (including phenoxy) is 3. The number of nitrogens with one attached hydrogen (secondary N) is 1. The van der Waals surface area contributed by atoms with Crippen LogP contribution in [0.2, 0.25) is 0 Å². The van der Waals surface area contributed by atoms with Gasteiger partial charge in [-0.3, -0.25) is 19.3 Å². The molecule has 182 valence electrons. The normalized spacial score (nSPS) is 14.1. The Labute approximate surface area is 197 Å². The number of fused-ring (bicyclic) bond motifs is 1. The lowest BCUT2D eigenvalue weighted by Crippen LogP contribution is -2.37. The molecule has 34 heavy (non-hydrogen) atoms. The topological polar surface area (TPSA) is 128 Å². The van der Waals surface area contributed by atoms with E-state index in [1.54, 1.807) is 24.3 Å². The summed E-state index contributed by atoms with van der Waals surface area (Å²) in [5.41, 5.74) is 0.655. The van der Waals surface area contributed by atoms with Gasteiger partial charge < -0.3 is 19.5 Å². The average Bonchev–Trinajstić information content (AvgIpc) is 3.02. The van der Waals surface area contributed by atoms with Crippen LogP contribution in [0.25, 0.3) is 0 Å². The Morgan fingerprint density at radius 1 is 1.06 bits per heavy atom. The van der Waals surface area contributed by atoms with E-state index in [2.05, 4.69) is 5.32 Å². The molecule has 1 N–H and O–H groups in total. The number of carbonyl (C=O) groups is 3. The van der Waals surface area contributed by atoms with Crippen molar-refractivity contribution in [3.8, 4) is 11.5 Å². The molecule has 0 aliphatic carbocycles. The minimum absolute atomic E-state index is 0.0197. The summed E-state index contributed by atoms with van der Waals surface area (Å²) in [5, 5.41) is 2.55. The van der Waals surface area contributed by atoms with E-state index in [9.17, 15) is 22.8 Å². The van der Waals surface area contributed by atoms with Crippen molar-refractivity contribution >= 4 is 33.2 Å². The molecule has 0 fully saturated rings. The molecule has 3 amide bonds. The maximum atomic E-state index is 13.4. The van der Waals surface area contributed by atoms with E-state index in [0.717, 1.165) is 11.2 Å². The molecule has 1 aliphatic heterocycles. The Kier molecular flexibility index (Phi) is 7.57. The van der Waals surface area contributed by atoms with Gasteiger partial charge in [0.25, 0.3) is 11.8 Å². The van der Waals surface area contributed by atoms with Gasteiger partial charge in [-0.2, -0.15) is 0 Å². The summed E-state index contributed by atoms with van der Waals surface area (Å²) in [6.45, 7) is 1.80. The third-order valence-corrected chi connectivity index (χ3v) is 6.07. The van der Waals surface area contributed by atoms with Crippen LogP contribution in [-0.2, 0) is 19.4 Å². The molecule has 0 bridgehead atoms. The molecule has 2 aromatic carbocycles. The smallest absolute Gasteiger partial charge is 0.264 e. The number of hydrogen-bond donors (Lipinski definition) is 1. The number of carbonyl (C=O) groups excluding carboxylic acids is 3. The number of amides is 3. The SMILES string of the molecule is COCCOc1cc(C(CS(C)(=O)=O)N2C(=O)c3cccc(NC(C)=O)c3C2=O)ccc1OC. The number of hydrogen-bond acceptors (Lipinski definition) is 8. The molecule has 0 aromatic heterocycles. The lowest BCUT2D eigenvalue weighted by Gasteiger charge is -2.27. The number of methoxy groups -OCH3 is 2. The summed E-state index contributed by atoms with van der Waals surface area (Å²) in [6, 6.07) is 8.08. The van der Waals surface area contributed by atoms with Gasteiger partial charge in [0.15, 0.2) is 11.5 Å². The van der Waals surface area contributed by atoms with Crippen molar-refractivity contribution in [1.29, 1.82) is 0 Å². The highest BCUT2D eigenvalue weighted by atomic mass is 32.2. The third kappa shape index (κ3) is 5.37. The maximum absolute atomic E-state index is 13.4. The van der Waals surface area contributed by atoms with Gasteiger partial charge in [0.1, 0.15) is 16.4 Å². The first-order valence-corrected chi connectivity index (χ1v) is 12.4. The Bertz CT molecular complexity index is 1230. The van der Waals surface area contributed by atoms with Crippen molar-refractivity contribution in [2.75, 3.05) is 44.8 Å². The summed E-state index contributed by atoms with van der Waals surface area (Å²) < 4.78 is 40.6. The largest absolute Gasteiger partial charge is 0.493 e. The van der Waals surface area contributed by atoms with Crippen molar-refractivity contribution < 1.29 is 37.0 Å². The summed E-state index contributed by atoms with van der Waals surface area (Å²) in [7, 11) is -0.647. The predicted octanol–water partition coefficient (Wildman–Crippen LogP) is 2.06. The molecule has 0 saturated heterocycles. The Hall–Kier alpha value is -3.44. The monoisotopic (exact) mass is 490 g/mol. The van der Waals surface area contributed by atoms with Gasteiger partial charge in [0.05, 0.1) is 42.3 Å². The van der Waals surface area contributed by atoms with Gasteiger partial charge in [0, 0.05) is 20.3 Å². The van der Waals surface area contributed by atoms with Crippen LogP contribution in [0.5, 0.6) is 11.5 Å². The van der Waals surface area contributed by atoms with Crippen LogP contribution in [0.4, 0.5) is 5.69 Å². The molecular formula is C23H26N2O8S. The van der Waals surface area contributed by atoms with Gasteiger partial charge >= 0.3 is 0 Å². The molecule has 0 radical (unpaired) electrons. The average molecular weight is 491 g/mol.